The summed E-state index contributed by atoms with van der Waals surface area (Å²) < 4.78 is 0. The van der Waals surface area contributed by atoms with E-state index in [4.69, 9.17) is 0 Å². The number of nitrogens with zero attached hydrogens (tertiary/aromatic N) is 2. The van der Waals surface area contributed by atoms with Crippen LogP contribution in [0.3, 0.4) is 0 Å². The number of para-hydroxylation sites is 1. The first-order valence-corrected chi connectivity index (χ1v) is 10.8. The van der Waals surface area contributed by atoms with Crippen molar-refractivity contribution in [2.45, 2.75) is 42.7 Å². The Kier molecular flexibility index (Phi) is 3.19. The van der Waals surface area contributed by atoms with Crippen LogP contribution in [0.2, 0.25) is 0 Å². The number of hydrogen-bond donors (Lipinski definition) is 1. The average molecular weight is 380 g/mol. The Morgan fingerprint density at radius 1 is 0.862 bits per heavy atom. The maximum absolute atomic E-state index is 3.93. The topological polar surface area (TPSA) is 18.3 Å². The van der Waals surface area contributed by atoms with Crippen LogP contribution in [-0.2, 0) is 12.0 Å². The molecule has 7 rings (SSSR count). The number of anilines is 1. The van der Waals surface area contributed by atoms with Crippen LogP contribution in [0.15, 0.2) is 84.9 Å². The monoisotopic (exact) mass is 379 g/mol. The summed E-state index contributed by atoms with van der Waals surface area (Å²) in [6, 6.07) is 32.9. The molecule has 1 spiro atoms. The fraction of sp³-hybridized carbons (Fsp3) is 0.308. The first kappa shape index (κ1) is 16.2. The Balaban J connectivity index is 1.32. The molecule has 1 N–H and O–H groups in total. The lowest BCUT2D eigenvalue weighted by Gasteiger charge is -2.36. The standard InChI is InChI=1S/C26H25N3/c1-3-9-18(10-4-1)17-28-16-15-26-20-13-7-8-14-21(20)27-25(26)29-22(23(29)24(26)28)19-11-5-2-6-12-19/h1-14,22-25,27H,15-17H2/t22-,23+,24+,25+,26-,29?/m0/s1. The van der Waals surface area contributed by atoms with Gasteiger partial charge in [0.05, 0.1) is 12.2 Å². The van der Waals surface area contributed by atoms with Crippen LogP contribution >= 0.6 is 0 Å². The molecule has 0 saturated carbocycles. The van der Waals surface area contributed by atoms with Gasteiger partial charge in [0.1, 0.15) is 0 Å². The smallest absolute Gasteiger partial charge is 0.0918 e. The highest BCUT2D eigenvalue weighted by molar-refractivity contribution is 5.66. The fourth-order valence-corrected chi connectivity index (χ4v) is 6.78. The van der Waals surface area contributed by atoms with Crippen molar-refractivity contribution in [3.63, 3.8) is 0 Å². The van der Waals surface area contributed by atoms with Gasteiger partial charge in [0.25, 0.3) is 0 Å². The quantitative estimate of drug-likeness (QED) is 0.681. The van der Waals surface area contributed by atoms with E-state index in [0.29, 0.717) is 24.3 Å². The molecule has 4 heterocycles. The summed E-state index contributed by atoms with van der Waals surface area (Å²) >= 11 is 0. The van der Waals surface area contributed by atoms with Gasteiger partial charge in [0.15, 0.2) is 0 Å². The Labute approximate surface area is 172 Å². The van der Waals surface area contributed by atoms with Gasteiger partial charge in [0.2, 0.25) is 0 Å². The summed E-state index contributed by atoms with van der Waals surface area (Å²) in [5.74, 6) is 0. The van der Waals surface area contributed by atoms with Crippen LogP contribution in [0.1, 0.15) is 29.2 Å². The van der Waals surface area contributed by atoms with E-state index in [-0.39, 0.29) is 5.41 Å². The summed E-state index contributed by atoms with van der Waals surface area (Å²) in [4.78, 5) is 5.54. The second kappa shape index (κ2) is 5.71. The lowest BCUT2D eigenvalue weighted by atomic mass is 9.73. The molecule has 0 radical (unpaired) electrons. The predicted molar refractivity (Wildman–Crippen MR) is 116 cm³/mol. The van der Waals surface area contributed by atoms with E-state index in [9.17, 15) is 0 Å². The van der Waals surface area contributed by atoms with Gasteiger partial charge < -0.3 is 5.32 Å². The van der Waals surface area contributed by atoms with Crippen molar-refractivity contribution in [1.29, 1.82) is 0 Å². The van der Waals surface area contributed by atoms with E-state index in [1.54, 1.807) is 5.56 Å². The molecule has 0 amide bonds. The van der Waals surface area contributed by atoms with Crippen molar-refractivity contribution < 1.29 is 0 Å². The Morgan fingerprint density at radius 3 is 2.41 bits per heavy atom. The minimum Gasteiger partial charge on any atom is -0.368 e. The minimum absolute atomic E-state index is 0.224. The van der Waals surface area contributed by atoms with Gasteiger partial charge in [-0.05, 0) is 35.7 Å². The third kappa shape index (κ3) is 2.04. The number of hydrogen-bond acceptors (Lipinski definition) is 3. The van der Waals surface area contributed by atoms with Crippen molar-refractivity contribution in [3.05, 3.63) is 102 Å². The zero-order valence-electron chi connectivity index (χ0n) is 16.4. The largest absolute Gasteiger partial charge is 0.368 e. The molecule has 3 aromatic carbocycles. The van der Waals surface area contributed by atoms with Crippen LogP contribution < -0.4 is 5.32 Å². The van der Waals surface area contributed by atoms with E-state index in [0.717, 1.165) is 6.54 Å². The maximum atomic E-state index is 3.93. The highest BCUT2D eigenvalue weighted by Gasteiger charge is 2.76. The number of nitrogens with one attached hydrogen (secondary N) is 1. The fourth-order valence-electron chi connectivity index (χ4n) is 6.78. The van der Waals surface area contributed by atoms with Crippen LogP contribution in [-0.4, -0.2) is 34.6 Å². The Hall–Kier alpha value is -2.62. The molecule has 29 heavy (non-hydrogen) atoms. The zero-order valence-corrected chi connectivity index (χ0v) is 16.4. The van der Waals surface area contributed by atoms with Crippen molar-refractivity contribution in [3.8, 4) is 0 Å². The summed E-state index contributed by atoms with van der Waals surface area (Å²) in [6.07, 6.45) is 1.66. The highest BCUT2D eigenvalue weighted by atomic mass is 15.5. The van der Waals surface area contributed by atoms with Crippen LogP contribution in [0.4, 0.5) is 5.69 Å². The Bertz CT molecular complexity index is 1070. The van der Waals surface area contributed by atoms with E-state index in [1.165, 1.54) is 29.8 Å². The number of fused-ring (bicyclic) bond motifs is 4. The number of piperidine rings is 1. The first-order valence-electron chi connectivity index (χ1n) is 10.8. The molecule has 4 aliphatic rings. The second-order valence-electron chi connectivity index (χ2n) is 9.08. The third-order valence-electron chi connectivity index (χ3n) is 7.83. The predicted octanol–water partition coefficient (Wildman–Crippen LogP) is 4.39. The molecule has 0 bridgehead atoms. The zero-order chi connectivity index (χ0) is 19.0. The van der Waals surface area contributed by atoms with E-state index in [1.807, 2.05) is 0 Å². The summed E-state index contributed by atoms with van der Waals surface area (Å²) in [5, 5.41) is 3.93. The lowest BCUT2D eigenvalue weighted by Crippen LogP contribution is -2.48. The third-order valence-corrected chi connectivity index (χ3v) is 7.83. The molecular formula is C26H25N3. The van der Waals surface area contributed by atoms with Gasteiger partial charge in [0, 0.05) is 29.7 Å². The first-order chi connectivity index (χ1) is 14.4. The normalized spacial score (nSPS) is 36.1. The summed E-state index contributed by atoms with van der Waals surface area (Å²) in [5.41, 5.74) is 6.01. The van der Waals surface area contributed by atoms with Crippen molar-refractivity contribution in [1.82, 2.24) is 9.80 Å². The molecule has 6 atom stereocenters. The van der Waals surface area contributed by atoms with Crippen LogP contribution in [0.5, 0.6) is 0 Å². The molecule has 1 unspecified atom stereocenters. The number of likely N-dealkylation sites (tertiary alicyclic amines) is 1. The molecule has 3 saturated heterocycles. The van der Waals surface area contributed by atoms with Crippen molar-refractivity contribution >= 4 is 5.69 Å². The average Bonchev–Trinajstić information content (AvgIpc) is 3.08. The lowest BCUT2D eigenvalue weighted by molar-refractivity contribution is 0.206. The molecule has 0 aliphatic carbocycles. The van der Waals surface area contributed by atoms with Gasteiger partial charge >= 0.3 is 0 Å². The number of benzene rings is 3. The van der Waals surface area contributed by atoms with E-state index < -0.39 is 0 Å². The van der Waals surface area contributed by atoms with Crippen LogP contribution in [0, 0.1) is 0 Å². The summed E-state index contributed by atoms with van der Waals surface area (Å²) in [6.45, 7) is 2.23. The molecule has 3 nitrogen and oxygen atoms in total. The molecule has 144 valence electrons. The van der Waals surface area contributed by atoms with E-state index in [2.05, 4.69) is 100 Å². The molecular weight excluding hydrogens is 354 g/mol. The van der Waals surface area contributed by atoms with Gasteiger partial charge in [-0.25, -0.2) is 0 Å². The van der Waals surface area contributed by atoms with Crippen molar-refractivity contribution in [2.24, 2.45) is 0 Å². The van der Waals surface area contributed by atoms with Gasteiger partial charge in [-0.2, -0.15) is 0 Å². The molecule has 4 aliphatic heterocycles. The van der Waals surface area contributed by atoms with Gasteiger partial charge in [-0.3, -0.25) is 9.80 Å². The summed E-state index contributed by atoms with van der Waals surface area (Å²) in [7, 11) is 0. The van der Waals surface area contributed by atoms with Gasteiger partial charge in [-0.1, -0.05) is 78.9 Å². The molecule has 3 heteroatoms. The second-order valence-corrected chi connectivity index (χ2v) is 9.08. The SMILES string of the molecule is c1ccc(CN2CC[C@@]34c5ccccc5N[C@@H]3N3[C@H]([C@@H]3c3ccccc3)[C@@H]24)cc1. The number of rotatable bonds is 3. The Morgan fingerprint density at radius 2 is 1.59 bits per heavy atom. The maximum Gasteiger partial charge on any atom is 0.0918 e. The molecule has 3 fully saturated rings. The molecule has 3 aromatic rings. The highest BCUT2D eigenvalue weighted by Crippen LogP contribution is 2.67. The van der Waals surface area contributed by atoms with E-state index >= 15 is 0 Å². The van der Waals surface area contributed by atoms with Gasteiger partial charge in [-0.15, -0.1) is 0 Å². The minimum atomic E-state index is 0.224. The van der Waals surface area contributed by atoms with Crippen LogP contribution in [0.25, 0.3) is 0 Å². The molecule has 0 aromatic heterocycles. The van der Waals surface area contributed by atoms with Crippen molar-refractivity contribution in [2.75, 3.05) is 11.9 Å².